The van der Waals surface area contributed by atoms with Crippen molar-refractivity contribution in [2.45, 2.75) is 35.9 Å². The lowest BCUT2D eigenvalue weighted by molar-refractivity contribution is 0.0914. The first-order valence-corrected chi connectivity index (χ1v) is 14.8. The van der Waals surface area contributed by atoms with Crippen molar-refractivity contribution in [1.82, 2.24) is 10.3 Å². The molecule has 0 saturated heterocycles. The summed E-state index contributed by atoms with van der Waals surface area (Å²) in [5, 5.41) is 12.4. The quantitative estimate of drug-likeness (QED) is 0.432. The predicted molar refractivity (Wildman–Crippen MR) is 137 cm³/mol. The minimum absolute atomic E-state index is 0.000180. The second-order valence-corrected chi connectivity index (χ2v) is 12.8. The number of amides is 1. The van der Waals surface area contributed by atoms with Crippen LogP contribution in [0.3, 0.4) is 0 Å². The summed E-state index contributed by atoms with van der Waals surface area (Å²) in [6.07, 6.45) is 0.0395. The van der Waals surface area contributed by atoms with Crippen LogP contribution in [-0.2, 0) is 19.9 Å². The molecule has 3 aromatic rings. The van der Waals surface area contributed by atoms with Crippen LogP contribution in [0.1, 0.15) is 35.9 Å². The molecule has 0 radical (unpaired) electrons. The Kier molecular flexibility index (Phi) is 7.66. The number of hydrogen-bond acceptors (Lipinski definition) is 8. The lowest BCUT2D eigenvalue weighted by atomic mass is 10.1. The first-order chi connectivity index (χ1) is 17.9. The number of anilines is 1. The van der Waals surface area contributed by atoms with Crippen LogP contribution in [0.4, 0.5) is 10.1 Å². The maximum atomic E-state index is 15.2. The highest BCUT2D eigenvalue weighted by molar-refractivity contribution is 7.93. The van der Waals surface area contributed by atoms with E-state index >= 15 is 4.39 Å². The van der Waals surface area contributed by atoms with E-state index in [1.54, 1.807) is 0 Å². The average molecular weight is 584 g/mol. The molecule has 1 aliphatic rings. The van der Waals surface area contributed by atoms with Crippen molar-refractivity contribution in [1.29, 1.82) is 0 Å². The van der Waals surface area contributed by atoms with Gasteiger partial charge in [0.05, 0.1) is 34.7 Å². The number of carbonyl (C=O) groups is 1. The van der Waals surface area contributed by atoms with Gasteiger partial charge in [-0.3, -0.25) is 9.78 Å². The molecule has 4 rings (SSSR count). The summed E-state index contributed by atoms with van der Waals surface area (Å²) in [7, 11) is -7.72. The van der Waals surface area contributed by atoms with E-state index in [1.807, 2.05) is 0 Å². The molecule has 2 atom stereocenters. The molecule has 0 aliphatic carbocycles. The van der Waals surface area contributed by atoms with Gasteiger partial charge in [0.1, 0.15) is 16.5 Å². The van der Waals surface area contributed by atoms with Crippen LogP contribution in [0, 0.1) is 5.82 Å². The smallest absolute Gasteiger partial charge is 0.271 e. The maximum Gasteiger partial charge on any atom is 0.271 e. The molecule has 2 aromatic carbocycles. The van der Waals surface area contributed by atoms with Crippen LogP contribution >= 0.6 is 11.6 Å². The van der Waals surface area contributed by atoms with Gasteiger partial charge < -0.3 is 15.2 Å². The predicted octanol–water partition coefficient (Wildman–Crippen LogP) is 3.06. The topological polar surface area (TPSA) is 143 Å². The van der Waals surface area contributed by atoms with Gasteiger partial charge in [-0.15, -0.1) is 0 Å². The summed E-state index contributed by atoms with van der Waals surface area (Å²) in [4.78, 5) is 16.6. The van der Waals surface area contributed by atoms with Crippen LogP contribution in [0.2, 0.25) is 5.02 Å². The summed E-state index contributed by atoms with van der Waals surface area (Å²) >= 11 is 5.95. The number of carbonyl (C=O) groups excluding carboxylic acids is 1. The van der Waals surface area contributed by atoms with Crippen LogP contribution in [0.5, 0.6) is 5.75 Å². The van der Waals surface area contributed by atoms with Crippen molar-refractivity contribution in [2.24, 2.45) is 0 Å². The molecule has 10 nitrogen and oxygen atoms in total. The summed E-state index contributed by atoms with van der Waals surface area (Å²) in [5.41, 5.74) is -0.301. The Bertz CT molecular complexity index is 1600. The molecule has 14 heteroatoms. The van der Waals surface area contributed by atoms with Crippen molar-refractivity contribution in [3.8, 4) is 5.75 Å². The zero-order valence-corrected chi connectivity index (χ0v) is 22.5. The fourth-order valence-electron chi connectivity index (χ4n) is 3.87. The SMILES string of the molecule is CCS(=O)(=O)c1ccc([C@H](CO)NC(=O)c2ccc(N3[C@H](C)Oc4ccc(Cl)cc4S3(=O)=O)c(F)c2)nc1. The molecule has 1 amide bonds. The van der Waals surface area contributed by atoms with E-state index in [9.17, 15) is 26.7 Å². The number of rotatable bonds is 7. The number of aromatic nitrogens is 1. The Hall–Kier alpha value is -3.26. The highest BCUT2D eigenvalue weighted by atomic mass is 35.5. The molecular formula is C24H23ClFN3O7S2. The van der Waals surface area contributed by atoms with E-state index in [1.165, 1.54) is 50.2 Å². The van der Waals surface area contributed by atoms with Gasteiger partial charge in [-0.25, -0.2) is 25.5 Å². The van der Waals surface area contributed by atoms with Crippen LogP contribution in [0.15, 0.2) is 64.5 Å². The fourth-order valence-corrected chi connectivity index (χ4v) is 6.63. The van der Waals surface area contributed by atoms with Gasteiger partial charge >= 0.3 is 0 Å². The van der Waals surface area contributed by atoms with E-state index in [0.717, 1.165) is 22.6 Å². The van der Waals surface area contributed by atoms with E-state index in [2.05, 4.69) is 10.3 Å². The number of nitrogens with zero attached hydrogens (tertiary/aromatic N) is 2. The summed E-state index contributed by atoms with van der Waals surface area (Å²) in [6.45, 7) is 2.36. The minimum atomic E-state index is -4.24. The van der Waals surface area contributed by atoms with Crippen LogP contribution in [0.25, 0.3) is 0 Å². The lowest BCUT2D eigenvalue weighted by Gasteiger charge is -2.35. The average Bonchev–Trinajstić information content (AvgIpc) is 2.88. The third-order valence-corrected chi connectivity index (χ3v) is 9.70. The van der Waals surface area contributed by atoms with E-state index in [4.69, 9.17) is 16.3 Å². The number of aliphatic hydroxyl groups excluding tert-OH is 1. The van der Waals surface area contributed by atoms with E-state index in [-0.39, 0.29) is 43.3 Å². The molecule has 0 fully saturated rings. The van der Waals surface area contributed by atoms with Gasteiger partial charge in [-0.2, -0.15) is 0 Å². The second-order valence-electron chi connectivity index (χ2n) is 8.31. The number of fused-ring (bicyclic) bond motifs is 1. The second kappa shape index (κ2) is 10.5. The first kappa shape index (κ1) is 27.8. The van der Waals surface area contributed by atoms with Crippen molar-refractivity contribution >= 4 is 43.1 Å². The fraction of sp³-hybridized carbons (Fsp3) is 0.250. The van der Waals surface area contributed by atoms with Crippen molar-refractivity contribution < 1.29 is 35.9 Å². The number of sulfone groups is 1. The van der Waals surface area contributed by atoms with Gasteiger partial charge in [0.2, 0.25) is 0 Å². The van der Waals surface area contributed by atoms with Crippen molar-refractivity contribution in [3.05, 3.63) is 76.8 Å². The van der Waals surface area contributed by atoms with Gasteiger partial charge in [0.15, 0.2) is 16.1 Å². The number of sulfonamides is 1. The summed E-state index contributed by atoms with van der Waals surface area (Å²) < 4.78 is 72.1. The number of aliphatic hydroxyl groups is 1. The zero-order chi connectivity index (χ0) is 27.8. The Balaban J connectivity index is 1.58. The summed E-state index contributed by atoms with van der Waals surface area (Å²) in [5.74, 6) is -1.81. The molecule has 0 spiro atoms. The van der Waals surface area contributed by atoms with Gasteiger partial charge in [0, 0.05) is 16.8 Å². The van der Waals surface area contributed by atoms with E-state index < -0.39 is 50.5 Å². The molecular weight excluding hydrogens is 561 g/mol. The van der Waals surface area contributed by atoms with Gasteiger partial charge in [-0.1, -0.05) is 18.5 Å². The van der Waals surface area contributed by atoms with Crippen LogP contribution in [-0.4, -0.2) is 51.4 Å². The molecule has 0 saturated carbocycles. The first-order valence-electron chi connectivity index (χ1n) is 11.3. The third-order valence-electron chi connectivity index (χ3n) is 5.86. The monoisotopic (exact) mass is 583 g/mol. The molecule has 0 unspecified atom stereocenters. The van der Waals surface area contributed by atoms with Gasteiger partial charge in [-0.05, 0) is 55.5 Å². The van der Waals surface area contributed by atoms with Crippen molar-refractivity contribution in [2.75, 3.05) is 16.7 Å². The maximum absolute atomic E-state index is 15.2. The van der Waals surface area contributed by atoms with E-state index in [0.29, 0.717) is 0 Å². The highest BCUT2D eigenvalue weighted by Gasteiger charge is 2.39. The molecule has 2 heterocycles. The number of ether oxygens (including phenoxy) is 1. The Morgan fingerprint density at radius 1 is 1.24 bits per heavy atom. The summed E-state index contributed by atoms with van der Waals surface area (Å²) in [6, 6.07) is 8.98. The molecule has 1 aromatic heterocycles. The lowest BCUT2D eigenvalue weighted by Crippen LogP contribution is -2.46. The number of hydrogen-bond donors (Lipinski definition) is 2. The normalized spacial score (nSPS) is 17.3. The Labute approximate surface area is 224 Å². The minimum Gasteiger partial charge on any atom is -0.468 e. The van der Waals surface area contributed by atoms with Gasteiger partial charge in [0.25, 0.3) is 15.9 Å². The standard InChI is InChI=1S/C24H23ClFN3O7S2/c1-3-37(32,33)17-6-7-19(27-12-17)20(13-30)28-24(31)15-4-8-21(18(26)10-15)29-14(2)36-22-9-5-16(25)11-23(22)38(29,34)35/h4-12,14,20,30H,3,13H2,1-2H3,(H,28,31)/t14-,20-/m0/s1. The zero-order valence-electron chi connectivity index (χ0n) is 20.1. The molecule has 1 aliphatic heterocycles. The Morgan fingerprint density at radius 3 is 2.58 bits per heavy atom. The van der Waals surface area contributed by atoms with Crippen molar-refractivity contribution in [3.63, 3.8) is 0 Å². The molecule has 202 valence electrons. The largest absolute Gasteiger partial charge is 0.468 e. The molecule has 0 bridgehead atoms. The number of pyridine rings is 1. The molecule has 2 N–H and O–H groups in total. The highest BCUT2D eigenvalue weighted by Crippen LogP contribution is 2.39. The Morgan fingerprint density at radius 2 is 1.97 bits per heavy atom. The number of nitrogens with one attached hydrogen (secondary N) is 1. The molecule has 38 heavy (non-hydrogen) atoms. The number of benzene rings is 2. The van der Waals surface area contributed by atoms with Crippen LogP contribution < -0.4 is 14.4 Å². The number of halogens is 2. The third kappa shape index (κ3) is 5.19.